The molecular formula is C26H34N2O8S. The fourth-order valence-corrected chi connectivity index (χ4v) is 4.10. The maximum atomic E-state index is 11.8. The number of hydrogen-bond donors (Lipinski definition) is 2. The third-order valence-corrected chi connectivity index (χ3v) is 5.69. The van der Waals surface area contributed by atoms with Gasteiger partial charge in [0.25, 0.3) is 11.8 Å². The molecule has 10 nitrogen and oxygen atoms in total. The molecule has 0 aliphatic heterocycles. The lowest BCUT2D eigenvalue weighted by atomic mass is 10.0. The van der Waals surface area contributed by atoms with E-state index in [9.17, 15) is 18.0 Å². The molecule has 202 valence electrons. The molecule has 0 atom stereocenters. The van der Waals surface area contributed by atoms with Crippen molar-refractivity contribution in [2.45, 2.75) is 32.6 Å². The average molecular weight is 535 g/mol. The van der Waals surface area contributed by atoms with E-state index in [1.165, 1.54) is 7.11 Å². The number of rotatable bonds is 16. The second-order valence-electron chi connectivity index (χ2n) is 8.10. The summed E-state index contributed by atoms with van der Waals surface area (Å²) in [4.78, 5) is 23.5. The van der Waals surface area contributed by atoms with Crippen molar-refractivity contribution in [2.24, 2.45) is 5.73 Å². The highest BCUT2D eigenvalue weighted by Gasteiger charge is 2.18. The molecule has 0 aromatic heterocycles. The predicted octanol–water partition coefficient (Wildman–Crippen LogP) is 2.78. The molecule has 0 radical (unpaired) electrons. The highest BCUT2D eigenvalue weighted by molar-refractivity contribution is 7.89. The van der Waals surface area contributed by atoms with E-state index in [-0.39, 0.29) is 5.56 Å². The number of benzene rings is 2. The lowest BCUT2D eigenvalue weighted by Crippen LogP contribution is -2.33. The molecule has 0 aliphatic rings. The fourth-order valence-electron chi connectivity index (χ4n) is 3.62. The monoisotopic (exact) mass is 534 g/mol. The van der Waals surface area contributed by atoms with Gasteiger partial charge in [0, 0.05) is 17.5 Å². The minimum atomic E-state index is -3.66. The third kappa shape index (κ3) is 9.02. The summed E-state index contributed by atoms with van der Waals surface area (Å²) >= 11 is 0. The molecule has 0 heterocycles. The van der Waals surface area contributed by atoms with Crippen LogP contribution in [0.4, 0.5) is 0 Å². The second kappa shape index (κ2) is 14.1. The number of primary amides is 1. The second-order valence-corrected chi connectivity index (χ2v) is 9.85. The number of amides is 2. The van der Waals surface area contributed by atoms with Crippen LogP contribution in [-0.4, -0.2) is 53.4 Å². The van der Waals surface area contributed by atoms with Crippen LogP contribution in [0.2, 0.25) is 0 Å². The molecule has 0 bridgehead atoms. The predicted molar refractivity (Wildman–Crippen MR) is 140 cm³/mol. The van der Waals surface area contributed by atoms with Crippen molar-refractivity contribution in [3.8, 4) is 23.0 Å². The van der Waals surface area contributed by atoms with E-state index in [1.807, 2.05) is 17.7 Å². The fraction of sp³-hybridized carbons (Fsp3) is 0.385. The Kier molecular flexibility index (Phi) is 11.3. The molecule has 2 aromatic carbocycles. The van der Waals surface area contributed by atoms with Gasteiger partial charge in [0.1, 0.15) is 23.0 Å². The van der Waals surface area contributed by atoms with Gasteiger partial charge in [-0.3, -0.25) is 14.3 Å². The summed E-state index contributed by atoms with van der Waals surface area (Å²) in [6.07, 6.45) is 5.04. The minimum Gasteiger partial charge on any atom is -0.495 e. The summed E-state index contributed by atoms with van der Waals surface area (Å²) in [6, 6.07) is 8.51. The van der Waals surface area contributed by atoms with Crippen LogP contribution >= 0.6 is 0 Å². The lowest BCUT2D eigenvalue weighted by molar-refractivity contribution is -0.121. The number of carbonyl (C=O) groups is 2. The number of methoxy groups -OCH3 is 1. The van der Waals surface area contributed by atoms with Crippen molar-refractivity contribution >= 4 is 21.8 Å². The number of allylic oxidation sites excluding steroid dienone is 1. The van der Waals surface area contributed by atoms with Crippen molar-refractivity contribution in [3.63, 3.8) is 0 Å². The molecule has 3 N–H and O–H groups in total. The largest absolute Gasteiger partial charge is 0.495 e. The molecule has 0 saturated carbocycles. The highest BCUT2D eigenvalue weighted by Crippen LogP contribution is 2.33. The Bertz CT molecular complexity index is 1210. The Hall–Kier alpha value is -3.73. The lowest BCUT2D eigenvalue weighted by Gasteiger charge is -2.17. The molecule has 0 spiro atoms. The van der Waals surface area contributed by atoms with Gasteiger partial charge in [-0.25, -0.2) is 8.42 Å². The molecule has 0 saturated heterocycles. The van der Waals surface area contributed by atoms with Gasteiger partial charge in [0.2, 0.25) is 10.0 Å². The highest BCUT2D eigenvalue weighted by atomic mass is 32.2. The van der Waals surface area contributed by atoms with E-state index in [0.717, 1.165) is 18.2 Å². The zero-order valence-electron chi connectivity index (χ0n) is 21.4. The smallest absolute Gasteiger partial charge is 0.271 e. The van der Waals surface area contributed by atoms with Crippen molar-refractivity contribution in [1.82, 2.24) is 4.72 Å². The first-order valence-corrected chi connectivity index (χ1v) is 13.6. The zero-order chi connectivity index (χ0) is 27.4. The molecule has 0 aliphatic carbocycles. The van der Waals surface area contributed by atoms with Crippen molar-refractivity contribution in [1.29, 1.82) is 0 Å². The maximum absolute atomic E-state index is 11.8. The molecule has 2 aromatic rings. The van der Waals surface area contributed by atoms with E-state index in [0.29, 0.717) is 61.0 Å². The van der Waals surface area contributed by atoms with E-state index >= 15 is 0 Å². The standard InChI is InChI=1S/C26H34N2O8S/c1-5-9-18-21(11-7-12-22(18)36-17-24(29)28-37(4,31)32)34-15-8-16-35-23-14-13-20(26(27)30)25(33-3)19(23)10-6-2/h6-7,11-14H,2,5,8-10,15-17H2,1,3-4H3,(H2,27,30)(H,28,29). The first-order valence-electron chi connectivity index (χ1n) is 11.7. The number of carbonyl (C=O) groups excluding carboxylic acids is 2. The summed E-state index contributed by atoms with van der Waals surface area (Å²) in [5.74, 6) is 0.651. The van der Waals surface area contributed by atoms with Crippen LogP contribution in [0.1, 0.15) is 41.3 Å². The molecule has 11 heteroatoms. The first kappa shape index (κ1) is 29.5. The Morgan fingerprint density at radius 1 is 1.03 bits per heavy atom. The minimum absolute atomic E-state index is 0.273. The van der Waals surface area contributed by atoms with Crippen LogP contribution in [0.15, 0.2) is 43.0 Å². The van der Waals surface area contributed by atoms with Crippen LogP contribution in [-0.2, 0) is 27.7 Å². The average Bonchev–Trinajstić information content (AvgIpc) is 2.83. The van der Waals surface area contributed by atoms with E-state index in [4.69, 9.17) is 24.7 Å². The number of sulfonamides is 1. The zero-order valence-corrected chi connectivity index (χ0v) is 22.2. The number of nitrogens with one attached hydrogen (secondary N) is 1. The molecule has 2 amide bonds. The van der Waals surface area contributed by atoms with Gasteiger partial charge < -0.3 is 24.7 Å². The van der Waals surface area contributed by atoms with Gasteiger partial charge in [0.05, 0.1) is 32.1 Å². The maximum Gasteiger partial charge on any atom is 0.271 e. The quantitative estimate of drug-likeness (QED) is 0.247. The Morgan fingerprint density at radius 2 is 1.65 bits per heavy atom. The van der Waals surface area contributed by atoms with E-state index in [2.05, 4.69) is 6.58 Å². The van der Waals surface area contributed by atoms with Crippen LogP contribution in [0.5, 0.6) is 23.0 Å². The van der Waals surface area contributed by atoms with Gasteiger partial charge in [-0.1, -0.05) is 25.5 Å². The van der Waals surface area contributed by atoms with Crippen LogP contribution in [0.3, 0.4) is 0 Å². The van der Waals surface area contributed by atoms with Gasteiger partial charge in [0.15, 0.2) is 6.61 Å². The Morgan fingerprint density at radius 3 is 2.19 bits per heavy atom. The Labute approximate surface area is 217 Å². The van der Waals surface area contributed by atoms with Crippen LogP contribution < -0.4 is 29.4 Å². The van der Waals surface area contributed by atoms with Crippen LogP contribution in [0, 0.1) is 0 Å². The number of nitrogens with two attached hydrogens (primary N) is 1. The third-order valence-electron chi connectivity index (χ3n) is 5.09. The summed E-state index contributed by atoms with van der Waals surface area (Å²) in [5.41, 5.74) is 7.19. The molecule has 0 unspecified atom stereocenters. The number of hydrogen-bond acceptors (Lipinski definition) is 8. The molecular weight excluding hydrogens is 500 g/mol. The SMILES string of the molecule is C=CCc1c(OCCCOc2cccc(OCC(=O)NS(C)(=O)=O)c2CCC)ccc(C(N)=O)c1OC. The number of ether oxygens (including phenoxy) is 4. The van der Waals surface area contributed by atoms with E-state index in [1.54, 1.807) is 30.3 Å². The molecule has 2 rings (SSSR count). The van der Waals surface area contributed by atoms with Crippen molar-refractivity contribution in [2.75, 3.05) is 33.2 Å². The topological polar surface area (TPSA) is 143 Å². The van der Waals surface area contributed by atoms with Gasteiger partial charge >= 0.3 is 0 Å². The van der Waals surface area contributed by atoms with Gasteiger partial charge in [-0.15, -0.1) is 6.58 Å². The Balaban J connectivity index is 2.02. The summed E-state index contributed by atoms with van der Waals surface area (Å²) in [6.45, 7) is 6.01. The molecule has 37 heavy (non-hydrogen) atoms. The van der Waals surface area contributed by atoms with Crippen molar-refractivity contribution in [3.05, 3.63) is 59.7 Å². The van der Waals surface area contributed by atoms with E-state index < -0.39 is 28.4 Å². The van der Waals surface area contributed by atoms with Crippen molar-refractivity contribution < 1.29 is 37.0 Å². The summed E-state index contributed by atoms with van der Waals surface area (Å²) in [5, 5.41) is 0. The van der Waals surface area contributed by atoms with Crippen LogP contribution in [0.25, 0.3) is 0 Å². The first-order chi connectivity index (χ1) is 17.6. The molecule has 0 fully saturated rings. The normalized spacial score (nSPS) is 10.9. The summed E-state index contributed by atoms with van der Waals surface area (Å²) in [7, 11) is -2.19. The van der Waals surface area contributed by atoms with Gasteiger partial charge in [-0.2, -0.15) is 0 Å². The van der Waals surface area contributed by atoms with Gasteiger partial charge in [-0.05, 0) is 37.1 Å². The summed E-state index contributed by atoms with van der Waals surface area (Å²) < 4.78 is 47.2.